The SMILES string of the molecule is CN(C)CCN(C)C(=O)c1cc(F)c(NN)c(F)c1. The number of hydrogen-bond acceptors (Lipinski definition) is 4. The molecule has 1 aromatic rings. The number of benzene rings is 1. The van der Waals surface area contributed by atoms with Gasteiger partial charge in [0.2, 0.25) is 0 Å². The molecule has 0 radical (unpaired) electrons. The van der Waals surface area contributed by atoms with Crippen molar-refractivity contribution in [3.05, 3.63) is 29.3 Å². The van der Waals surface area contributed by atoms with Crippen molar-refractivity contribution >= 4 is 11.6 Å². The minimum atomic E-state index is -0.896. The van der Waals surface area contributed by atoms with Gasteiger partial charge in [0.25, 0.3) is 5.91 Å². The number of nitrogens with one attached hydrogen (secondary N) is 1. The molecule has 0 aliphatic carbocycles. The zero-order valence-corrected chi connectivity index (χ0v) is 11.2. The average Bonchev–Trinajstić information content (AvgIpc) is 2.34. The number of rotatable bonds is 5. The molecule has 7 heteroatoms. The van der Waals surface area contributed by atoms with Gasteiger partial charge >= 0.3 is 0 Å². The van der Waals surface area contributed by atoms with E-state index in [-0.39, 0.29) is 5.56 Å². The van der Waals surface area contributed by atoms with Gasteiger partial charge < -0.3 is 15.2 Å². The fraction of sp³-hybridized carbons (Fsp3) is 0.417. The summed E-state index contributed by atoms with van der Waals surface area (Å²) in [5.41, 5.74) is 1.42. The second kappa shape index (κ2) is 6.44. The van der Waals surface area contributed by atoms with Gasteiger partial charge in [0.05, 0.1) is 0 Å². The number of nitrogens with two attached hydrogens (primary N) is 1. The van der Waals surface area contributed by atoms with Gasteiger partial charge in [-0.3, -0.25) is 10.6 Å². The molecule has 0 fully saturated rings. The molecule has 0 unspecified atom stereocenters. The van der Waals surface area contributed by atoms with Crippen molar-refractivity contribution < 1.29 is 13.6 Å². The highest BCUT2D eigenvalue weighted by atomic mass is 19.1. The molecule has 0 spiro atoms. The van der Waals surface area contributed by atoms with E-state index in [0.29, 0.717) is 13.1 Å². The van der Waals surface area contributed by atoms with Crippen molar-refractivity contribution in [2.75, 3.05) is 39.7 Å². The van der Waals surface area contributed by atoms with Gasteiger partial charge in [-0.15, -0.1) is 0 Å². The molecule has 0 saturated heterocycles. The first-order valence-corrected chi connectivity index (χ1v) is 5.72. The van der Waals surface area contributed by atoms with E-state index in [2.05, 4.69) is 0 Å². The predicted octanol–water partition coefficient (Wildman–Crippen LogP) is 0.884. The number of likely N-dealkylation sites (N-methyl/N-ethyl adjacent to an activating group) is 2. The van der Waals surface area contributed by atoms with Crippen LogP contribution in [0.1, 0.15) is 10.4 Å². The number of nitrogens with zero attached hydrogens (tertiary/aromatic N) is 2. The Labute approximate surface area is 110 Å². The molecule has 0 aliphatic rings. The summed E-state index contributed by atoms with van der Waals surface area (Å²) < 4.78 is 27.0. The molecule has 0 bridgehead atoms. The van der Waals surface area contributed by atoms with Crippen LogP contribution in [0.5, 0.6) is 0 Å². The lowest BCUT2D eigenvalue weighted by atomic mass is 10.1. The first kappa shape index (κ1) is 15.3. The zero-order valence-electron chi connectivity index (χ0n) is 11.2. The van der Waals surface area contributed by atoms with Crippen molar-refractivity contribution in [1.82, 2.24) is 9.80 Å². The Balaban J connectivity index is 2.88. The predicted molar refractivity (Wildman–Crippen MR) is 69.7 cm³/mol. The number of nitrogen functional groups attached to an aromatic ring is 1. The number of carbonyl (C=O) groups is 1. The fourth-order valence-corrected chi connectivity index (χ4v) is 1.51. The summed E-state index contributed by atoms with van der Waals surface area (Å²) >= 11 is 0. The molecule has 3 N–H and O–H groups in total. The summed E-state index contributed by atoms with van der Waals surface area (Å²) in [6.45, 7) is 1.13. The van der Waals surface area contributed by atoms with Gasteiger partial charge in [0.15, 0.2) is 11.6 Å². The molecule has 106 valence electrons. The van der Waals surface area contributed by atoms with E-state index >= 15 is 0 Å². The van der Waals surface area contributed by atoms with Crippen LogP contribution in [0.3, 0.4) is 0 Å². The summed E-state index contributed by atoms with van der Waals surface area (Å²) in [7, 11) is 5.33. The Hall–Kier alpha value is -1.73. The Bertz CT molecular complexity index is 442. The molecule has 0 aliphatic heterocycles. The fourth-order valence-electron chi connectivity index (χ4n) is 1.51. The number of hydrazine groups is 1. The Kier molecular flexibility index (Phi) is 5.20. The van der Waals surface area contributed by atoms with E-state index in [1.54, 1.807) is 7.05 Å². The van der Waals surface area contributed by atoms with Crippen molar-refractivity contribution in [3.63, 3.8) is 0 Å². The number of anilines is 1. The molecule has 19 heavy (non-hydrogen) atoms. The van der Waals surface area contributed by atoms with Crippen LogP contribution in [-0.2, 0) is 0 Å². The van der Waals surface area contributed by atoms with Gasteiger partial charge in [-0.1, -0.05) is 0 Å². The molecular weight excluding hydrogens is 254 g/mol. The monoisotopic (exact) mass is 272 g/mol. The van der Waals surface area contributed by atoms with Crippen molar-refractivity contribution in [1.29, 1.82) is 0 Å². The maximum Gasteiger partial charge on any atom is 0.253 e. The van der Waals surface area contributed by atoms with Crippen LogP contribution in [-0.4, -0.2) is 49.9 Å². The normalized spacial score (nSPS) is 10.7. The minimum absolute atomic E-state index is 0.0461. The molecule has 0 saturated carbocycles. The summed E-state index contributed by atoms with van der Waals surface area (Å²) in [6, 6.07) is 1.93. The quantitative estimate of drug-likeness (QED) is 0.617. The van der Waals surface area contributed by atoms with E-state index in [1.807, 2.05) is 24.4 Å². The molecule has 0 aromatic heterocycles. The van der Waals surface area contributed by atoms with Crippen LogP contribution in [0.25, 0.3) is 0 Å². The summed E-state index contributed by atoms with van der Waals surface area (Å²) in [5.74, 6) is 2.75. The van der Waals surface area contributed by atoms with Crippen LogP contribution in [0.4, 0.5) is 14.5 Å². The lowest BCUT2D eigenvalue weighted by molar-refractivity contribution is 0.0785. The molecular formula is C12H18F2N4O. The highest BCUT2D eigenvalue weighted by Crippen LogP contribution is 2.20. The summed E-state index contributed by atoms with van der Waals surface area (Å²) in [4.78, 5) is 15.3. The van der Waals surface area contributed by atoms with Crippen LogP contribution >= 0.6 is 0 Å². The Morgan fingerprint density at radius 1 is 1.21 bits per heavy atom. The van der Waals surface area contributed by atoms with E-state index in [9.17, 15) is 13.6 Å². The van der Waals surface area contributed by atoms with Crippen LogP contribution in [0.2, 0.25) is 0 Å². The Morgan fingerprint density at radius 2 is 1.74 bits per heavy atom. The standard InChI is InChI=1S/C12H18F2N4O/c1-17(2)4-5-18(3)12(19)8-6-9(13)11(16-15)10(14)7-8/h6-7,16H,4-5,15H2,1-3H3. The topological polar surface area (TPSA) is 61.6 Å². The van der Waals surface area contributed by atoms with Gasteiger partial charge in [-0.2, -0.15) is 0 Å². The zero-order chi connectivity index (χ0) is 14.6. The number of carbonyl (C=O) groups excluding carboxylic acids is 1. The van der Waals surface area contributed by atoms with Crippen LogP contribution in [0, 0.1) is 11.6 Å². The average molecular weight is 272 g/mol. The van der Waals surface area contributed by atoms with Crippen molar-refractivity contribution in [2.45, 2.75) is 0 Å². The van der Waals surface area contributed by atoms with Gasteiger partial charge in [-0.25, -0.2) is 8.78 Å². The van der Waals surface area contributed by atoms with Gasteiger partial charge in [0.1, 0.15) is 5.69 Å². The molecule has 5 nitrogen and oxygen atoms in total. The first-order chi connectivity index (χ1) is 8.86. The highest BCUT2D eigenvalue weighted by molar-refractivity contribution is 5.94. The van der Waals surface area contributed by atoms with E-state index in [4.69, 9.17) is 5.84 Å². The van der Waals surface area contributed by atoms with Gasteiger partial charge in [-0.05, 0) is 26.2 Å². The molecule has 1 aromatic carbocycles. The number of halogens is 2. The molecule has 0 atom stereocenters. The van der Waals surface area contributed by atoms with Gasteiger partial charge in [0, 0.05) is 25.7 Å². The van der Waals surface area contributed by atoms with E-state index in [0.717, 1.165) is 12.1 Å². The molecule has 1 rings (SSSR count). The second-order valence-electron chi connectivity index (χ2n) is 4.49. The smallest absolute Gasteiger partial charge is 0.253 e. The number of hydrogen-bond donors (Lipinski definition) is 2. The molecule has 1 amide bonds. The van der Waals surface area contributed by atoms with E-state index in [1.165, 1.54) is 4.90 Å². The maximum absolute atomic E-state index is 13.5. The van der Waals surface area contributed by atoms with Crippen LogP contribution < -0.4 is 11.3 Å². The highest BCUT2D eigenvalue weighted by Gasteiger charge is 2.17. The first-order valence-electron chi connectivity index (χ1n) is 5.72. The maximum atomic E-state index is 13.5. The number of amides is 1. The summed E-state index contributed by atoms with van der Waals surface area (Å²) in [5, 5.41) is 0. The third-order valence-electron chi connectivity index (χ3n) is 2.66. The Morgan fingerprint density at radius 3 is 2.16 bits per heavy atom. The minimum Gasteiger partial charge on any atom is -0.340 e. The molecule has 0 heterocycles. The largest absolute Gasteiger partial charge is 0.340 e. The lowest BCUT2D eigenvalue weighted by Gasteiger charge is -2.20. The van der Waals surface area contributed by atoms with E-state index < -0.39 is 23.2 Å². The third kappa shape index (κ3) is 3.87. The van der Waals surface area contributed by atoms with Crippen molar-refractivity contribution in [2.24, 2.45) is 5.84 Å². The second-order valence-corrected chi connectivity index (χ2v) is 4.49. The summed E-state index contributed by atoms with van der Waals surface area (Å²) in [6.07, 6.45) is 0. The van der Waals surface area contributed by atoms with Crippen molar-refractivity contribution in [3.8, 4) is 0 Å². The third-order valence-corrected chi connectivity index (χ3v) is 2.66. The van der Waals surface area contributed by atoms with Crippen LogP contribution in [0.15, 0.2) is 12.1 Å². The lowest BCUT2D eigenvalue weighted by Crippen LogP contribution is -2.33.